The van der Waals surface area contributed by atoms with Crippen LogP contribution in [0.4, 0.5) is 4.39 Å². The van der Waals surface area contributed by atoms with Crippen LogP contribution in [0.2, 0.25) is 0 Å². The van der Waals surface area contributed by atoms with Gasteiger partial charge >= 0.3 is 0 Å². The van der Waals surface area contributed by atoms with Crippen LogP contribution >= 0.6 is 0 Å². The van der Waals surface area contributed by atoms with E-state index in [1.54, 1.807) is 12.3 Å². The molecule has 0 unspecified atom stereocenters. The second-order valence-corrected chi connectivity index (χ2v) is 4.23. The van der Waals surface area contributed by atoms with E-state index in [0.29, 0.717) is 18.7 Å². The van der Waals surface area contributed by atoms with Crippen molar-refractivity contribution < 1.29 is 9.18 Å². The van der Waals surface area contributed by atoms with E-state index in [2.05, 4.69) is 10.3 Å². The topological polar surface area (TPSA) is 72.9 Å². The molecule has 6 heteroatoms. The Morgan fingerprint density at radius 1 is 1.47 bits per heavy atom. The first kappa shape index (κ1) is 13.2. The van der Waals surface area contributed by atoms with Gasteiger partial charge in [-0.2, -0.15) is 0 Å². The van der Waals surface area contributed by atoms with E-state index in [-0.39, 0.29) is 5.56 Å². The Labute approximate surface area is 110 Å². The number of hydrogen-bond donors (Lipinski definition) is 2. The van der Waals surface area contributed by atoms with Gasteiger partial charge in [0.25, 0.3) is 0 Å². The molecule has 100 valence electrons. The Hall–Kier alpha value is -2.21. The largest absolute Gasteiger partial charge is 0.366 e. The molecule has 2 aromatic rings. The Morgan fingerprint density at radius 2 is 2.26 bits per heavy atom. The maximum Gasteiger partial charge on any atom is 0.248 e. The highest BCUT2D eigenvalue weighted by molar-refractivity contribution is 5.92. The van der Waals surface area contributed by atoms with Gasteiger partial charge in [-0.15, -0.1) is 0 Å². The minimum absolute atomic E-state index is 0.172. The van der Waals surface area contributed by atoms with Crippen LogP contribution in [0.15, 0.2) is 30.6 Å². The van der Waals surface area contributed by atoms with Gasteiger partial charge in [0, 0.05) is 37.1 Å². The van der Waals surface area contributed by atoms with Gasteiger partial charge in [0.05, 0.1) is 6.54 Å². The van der Waals surface area contributed by atoms with Crippen molar-refractivity contribution in [1.29, 1.82) is 0 Å². The third kappa shape index (κ3) is 3.17. The average molecular weight is 262 g/mol. The molecule has 19 heavy (non-hydrogen) atoms. The summed E-state index contributed by atoms with van der Waals surface area (Å²) < 4.78 is 15.6. The van der Waals surface area contributed by atoms with Crippen molar-refractivity contribution in [3.63, 3.8) is 0 Å². The van der Waals surface area contributed by atoms with Crippen LogP contribution in [0.5, 0.6) is 0 Å². The van der Waals surface area contributed by atoms with Crippen molar-refractivity contribution in [1.82, 2.24) is 14.9 Å². The lowest BCUT2D eigenvalue weighted by atomic mass is 10.1. The molecule has 2 rings (SSSR count). The number of nitrogens with zero attached hydrogens (tertiary/aromatic N) is 2. The lowest BCUT2D eigenvalue weighted by Crippen LogP contribution is -2.17. The number of imidazole rings is 1. The molecule has 0 bridgehead atoms. The third-order valence-electron chi connectivity index (χ3n) is 2.86. The molecular formula is C13H15FN4O. The zero-order valence-corrected chi connectivity index (χ0v) is 10.6. The van der Waals surface area contributed by atoms with E-state index in [1.807, 2.05) is 17.8 Å². The maximum absolute atomic E-state index is 13.7. The lowest BCUT2D eigenvalue weighted by molar-refractivity contribution is 0.1000. The van der Waals surface area contributed by atoms with Crippen molar-refractivity contribution in [2.45, 2.75) is 13.1 Å². The minimum atomic E-state index is -0.633. The molecule has 5 nitrogen and oxygen atoms in total. The highest BCUT2D eigenvalue weighted by Crippen LogP contribution is 2.10. The van der Waals surface area contributed by atoms with Gasteiger partial charge in [-0.25, -0.2) is 9.37 Å². The fourth-order valence-electron chi connectivity index (χ4n) is 1.72. The summed E-state index contributed by atoms with van der Waals surface area (Å²) in [6, 6.07) is 4.23. The molecular weight excluding hydrogens is 247 g/mol. The quantitative estimate of drug-likeness (QED) is 0.842. The fraction of sp³-hybridized carbons (Fsp3) is 0.231. The van der Waals surface area contributed by atoms with Gasteiger partial charge in [0.2, 0.25) is 5.91 Å². The minimum Gasteiger partial charge on any atom is -0.366 e. The Bertz CT molecular complexity index is 594. The predicted molar refractivity (Wildman–Crippen MR) is 68.7 cm³/mol. The van der Waals surface area contributed by atoms with Crippen LogP contribution < -0.4 is 11.1 Å². The molecule has 0 fully saturated rings. The van der Waals surface area contributed by atoms with Gasteiger partial charge in [-0.05, 0) is 12.1 Å². The van der Waals surface area contributed by atoms with Crippen LogP contribution in [0, 0.1) is 5.82 Å². The second kappa shape index (κ2) is 5.62. The third-order valence-corrected chi connectivity index (χ3v) is 2.86. The first-order valence-corrected chi connectivity index (χ1v) is 5.83. The summed E-state index contributed by atoms with van der Waals surface area (Å²) in [5.74, 6) is -0.204. The van der Waals surface area contributed by atoms with E-state index in [9.17, 15) is 9.18 Å². The zero-order chi connectivity index (χ0) is 13.8. The van der Waals surface area contributed by atoms with Crippen LogP contribution in [-0.4, -0.2) is 15.5 Å². The van der Waals surface area contributed by atoms with Gasteiger partial charge in [-0.1, -0.05) is 6.07 Å². The summed E-state index contributed by atoms with van der Waals surface area (Å²) in [7, 11) is 1.90. The summed E-state index contributed by atoms with van der Waals surface area (Å²) in [5.41, 5.74) is 5.74. The smallest absolute Gasteiger partial charge is 0.248 e. The summed E-state index contributed by atoms with van der Waals surface area (Å²) in [5, 5.41) is 3.09. The van der Waals surface area contributed by atoms with Gasteiger partial charge in [-0.3, -0.25) is 4.79 Å². The van der Waals surface area contributed by atoms with E-state index in [1.165, 1.54) is 6.07 Å². The van der Waals surface area contributed by atoms with Gasteiger partial charge in [0.1, 0.15) is 11.6 Å². The number of primary amides is 1. The van der Waals surface area contributed by atoms with E-state index >= 15 is 0 Å². The van der Waals surface area contributed by atoms with Crippen LogP contribution in [0.1, 0.15) is 21.7 Å². The van der Waals surface area contributed by atoms with Crippen LogP contribution in [-0.2, 0) is 20.1 Å². The van der Waals surface area contributed by atoms with Crippen molar-refractivity contribution >= 4 is 5.91 Å². The van der Waals surface area contributed by atoms with Crippen LogP contribution in [0.25, 0.3) is 0 Å². The first-order valence-electron chi connectivity index (χ1n) is 5.83. The van der Waals surface area contributed by atoms with E-state index in [0.717, 1.165) is 11.9 Å². The molecule has 1 amide bonds. The number of benzene rings is 1. The highest BCUT2D eigenvalue weighted by atomic mass is 19.1. The molecule has 0 aliphatic heterocycles. The molecule has 0 saturated carbocycles. The predicted octanol–water partition coefficient (Wildman–Crippen LogP) is 0.948. The van der Waals surface area contributed by atoms with Gasteiger partial charge in [0.15, 0.2) is 0 Å². The van der Waals surface area contributed by atoms with Crippen molar-refractivity contribution in [2.24, 2.45) is 12.8 Å². The summed E-state index contributed by atoms with van der Waals surface area (Å²) in [4.78, 5) is 15.1. The number of rotatable bonds is 5. The van der Waals surface area contributed by atoms with E-state index < -0.39 is 11.7 Å². The van der Waals surface area contributed by atoms with Crippen molar-refractivity contribution in [3.8, 4) is 0 Å². The molecule has 0 saturated heterocycles. The Morgan fingerprint density at radius 3 is 2.84 bits per heavy atom. The van der Waals surface area contributed by atoms with E-state index in [4.69, 9.17) is 5.73 Å². The van der Waals surface area contributed by atoms with Crippen molar-refractivity contribution in [2.75, 3.05) is 0 Å². The highest BCUT2D eigenvalue weighted by Gasteiger charge is 2.07. The molecule has 1 aromatic heterocycles. The summed E-state index contributed by atoms with van der Waals surface area (Å²) >= 11 is 0. The van der Waals surface area contributed by atoms with Crippen molar-refractivity contribution in [3.05, 3.63) is 53.4 Å². The molecule has 1 heterocycles. The number of nitrogens with two attached hydrogens (primary N) is 1. The van der Waals surface area contributed by atoms with Crippen LogP contribution in [0.3, 0.4) is 0 Å². The number of aromatic nitrogens is 2. The number of hydrogen-bond acceptors (Lipinski definition) is 3. The number of carbonyl (C=O) groups is 1. The molecule has 0 aliphatic carbocycles. The lowest BCUT2D eigenvalue weighted by Gasteiger charge is -2.07. The van der Waals surface area contributed by atoms with Gasteiger partial charge < -0.3 is 15.6 Å². The average Bonchev–Trinajstić information content (AvgIpc) is 2.77. The molecule has 1 aromatic carbocycles. The number of halogens is 1. The second-order valence-electron chi connectivity index (χ2n) is 4.23. The molecule has 0 aliphatic rings. The number of aryl methyl sites for hydroxylation is 1. The zero-order valence-electron chi connectivity index (χ0n) is 10.6. The maximum atomic E-state index is 13.7. The molecule has 0 atom stereocenters. The monoisotopic (exact) mass is 262 g/mol. The number of nitrogens with one attached hydrogen (secondary N) is 1. The number of carbonyl (C=O) groups excluding carboxylic acids is 1. The Kier molecular flexibility index (Phi) is 3.91. The number of amides is 1. The molecule has 0 radical (unpaired) electrons. The standard InChI is InChI=1S/C13H15FN4O/c1-18-5-4-17-12(18)8-16-7-10-3-2-9(13(15)19)6-11(10)14/h2-6,16H,7-8H2,1H3,(H2,15,19). The Balaban J connectivity index is 1.96. The molecule has 0 spiro atoms. The summed E-state index contributed by atoms with van der Waals surface area (Å²) in [6.07, 6.45) is 3.55. The summed E-state index contributed by atoms with van der Waals surface area (Å²) in [6.45, 7) is 0.901. The first-order chi connectivity index (χ1) is 9.08. The fourth-order valence-corrected chi connectivity index (χ4v) is 1.72. The SMILES string of the molecule is Cn1ccnc1CNCc1ccc(C(N)=O)cc1F. The normalized spacial score (nSPS) is 10.6. The molecule has 3 N–H and O–H groups in total.